The van der Waals surface area contributed by atoms with Crippen molar-refractivity contribution >= 4 is 0 Å². The number of hydrogen-bond acceptors (Lipinski definition) is 0. The van der Waals surface area contributed by atoms with Crippen molar-refractivity contribution in [3.05, 3.63) is 59.2 Å². The van der Waals surface area contributed by atoms with Crippen LogP contribution in [0.4, 0.5) is 17.6 Å². The van der Waals surface area contributed by atoms with Crippen molar-refractivity contribution in [2.24, 2.45) is 17.8 Å². The minimum Gasteiger partial charge on any atom is -0.207 e. The molecule has 0 saturated heterocycles. The maximum Gasteiger partial charge on any atom is 0.134 e. The summed E-state index contributed by atoms with van der Waals surface area (Å²) in [6.07, 6.45) is 13.5. The van der Waals surface area contributed by atoms with E-state index in [0.717, 1.165) is 43.2 Å². The van der Waals surface area contributed by atoms with Crippen LogP contribution in [0.1, 0.15) is 89.0 Å². The van der Waals surface area contributed by atoms with E-state index in [9.17, 15) is 17.6 Å². The van der Waals surface area contributed by atoms with Gasteiger partial charge in [0.25, 0.3) is 0 Å². The van der Waals surface area contributed by atoms with Gasteiger partial charge in [-0.15, -0.1) is 0 Å². The minimum atomic E-state index is -0.845. The SMILES string of the molecule is CCCCCCC1CC[C@@H]2C[C@H](c3cc(F)c(-c4cc(F)cc(F)c4)c(F)c3)CC[C@@H]2C1. The van der Waals surface area contributed by atoms with Crippen LogP contribution >= 0.6 is 0 Å². The third kappa shape index (κ3) is 5.38. The summed E-state index contributed by atoms with van der Waals surface area (Å²) < 4.78 is 56.9. The second-order valence-corrected chi connectivity index (χ2v) is 10.1. The van der Waals surface area contributed by atoms with Gasteiger partial charge in [0.05, 0.1) is 5.56 Å². The molecule has 2 aliphatic rings. The van der Waals surface area contributed by atoms with Gasteiger partial charge in [0.1, 0.15) is 23.3 Å². The van der Waals surface area contributed by atoms with Crippen molar-refractivity contribution in [2.45, 2.75) is 83.5 Å². The third-order valence-electron chi connectivity index (χ3n) is 7.87. The Morgan fingerprint density at radius 1 is 0.719 bits per heavy atom. The number of fused-ring (bicyclic) bond motifs is 1. The van der Waals surface area contributed by atoms with Crippen LogP contribution in [0.3, 0.4) is 0 Å². The third-order valence-corrected chi connectivity index (χ3v) is 7.87. The summed E-state index contributed by atoms with van der Waals surface area (Å²) in [5.41, 5.74) is 0.218. The van der Waals surface area contributed by atoms with Crippen molar-refractivity contribution in [1.82, 2.24) is 0 Å². The molecule has 2 aliphatic carbocycles. The van der Waals surface area contributed by atoms with Gasteiger partial charge in [-0.1, -0.05) is 45.4 Å². The van der Waals surface area contributed by atoms with Crippen LogP contribution in [-0.4, -0.2) is 0 Å². The zero-order valence-electron chi connectivity index (χ0n) is 19.0. The Kier molecular flexibility index (Phi) is 7.58. The van der Waals surface area contributed by atoms with Crippen LogP contribution in [0.25, 0.3) is 11.1 Å². The van der Waals surface area contributed by atoms with Gasteiger partial charge in [0, 0.05) is 6.07 Å². The number of halogens is 4. The van der Waals surface area contributed by atoms with Crippen LogP contribution in [0, 0.1) is 41.0 Å². The highest BCUT2D eigenvalue weighted by Gasteiger charge is 2.36. The van der Waals surface area contributed by atoms with Gasteiger partial charge in [0.2, 0.25) is 0 Å². The average Bonchev–Trinajstić information content (AvgIpc) is 2.75. The highest BCUT2D eigenvalue weighted by Crippen LogP contribution is 2.49. The Morgan fingerprint density at radius 3 is 2.06 bits per heavy atom. The lowest BCUT2D eigenvalue weighted by Crippen LogP contribution is -2.30. The molecule has 4 heteroatoms. The first-order chi connectivity index (χ1) is 15.4. The summed E-state index contributed by atoms with van der Waals surface area (Å²) >= 11 is 0. The first kappa shape index (κ1) is 23.3. The molecule has 0 nitrogen and oxygen atoms in total. The molecular weight excluding hydrogens is 412 g/mol. The molecule has 0 amide bonds. The first-order valence-electron chi connectivity index (χ1n) is 12.4. The van der Waals surface area contributed by atoms with E-state index >= 15 is 0 Å². The fraction of sp³-hybridized carbons (Fsp3) is 0.571. The topological polar surface area (TPSA) is 0 Å². The molecule has 2 saturated carbocycles. The highest BCUT2D eigenvalue weighted by molar-refractivity contribution is 5.65. The molecule has 4 atom stereocenters. The van der Waals surface area contributed by atoms with Gasteiger partial charge >= 0.3 is 0 Å². The van der Waals surface area contributed by atoms with Crippen LogP contribution in [0.5, 0.6) is 0 Å². The van der Waals surface area contributed by atoms with E-state index in [-0.39, 0.29) is 17.0 Å². The largest absolute Gasteiger partial charge is 0.207 e. The molecule has 4 rings (SSSR count). The van der Waals surface area contributed by atoms with E-state index in [0.29, 0.717) is 17.5 Å². The Labute approximate surface area is 189 Å². The van der Waals surface area contributed by atoms with Crippen molar-refractivity contribution in [3.8, 4) is 11.1 Å². The molecule has 0 radical (unpaired) electrons. The Hall–Kier alpha value is -1.84. The Bertz CT molecular complexity index is 878. The van der Waals surface area contributed by atoms with Gasteiger partial charge in [-0.3, -0.25) is 0 Å². The summed E-state index contributed by atoms with van der Waals surface area (Å²) in [6, 6.07) is 5.40. The molecule has 0 aromatic heterocycles. The number of rotatable bonds is 7. The second kappa shape index (κ2) is 10.4. The van der Waals surface area contributed by atoms with E-state index in [4.69, 9.17) is 0 Å². The molecule has 32 heavy (non-hydrogen) atoms. The minimum absolute atomic E-state index is 0.106. The Balaban J connectivity index is 1.42. The molecule has 0 N–H and O–H groups in total. The number of benzene rings is 2. The molecule has 0 spiro atoms. The molecule has 2 aromatic carbocycles. The van der Waals surface area contributed by atoms with Gasteiger partial charge in [0.15, 0.2) is 0 Å². The molecular formula is C28H34F4. The molecule has 0 heterocycles. The van der Waals surface area contributed by atoms with Crippen LogP contribution < -0.4 is 0 Å². The van der Waals surface area contributed by atoms with Gasteiger partial charge in [-0.25, -0.2) is 17.6 Å². The van der Waals surface area contributed by atoms with Crippen LogP contribution in [-0.2, 0) is 0 Å². The van der Waals surface area contributed by atoms with Crippen molar-refractivity contribution < 1.29 is 17.6 Å². The zero-order valence-corrected chi connectivity index (χ0v) is 19.0. The van der Waals surface area contributed by atoms with E-state index in [2.05, 4.69) is 6.92 Å². The quantitative estimate of drug-likeness (QED) is 0.294. The number of hydrogen-bond donors (Lipinski definition) is 0. The molecule has 0 aliphatic heterocycles. The Morgan fingerprint density at radius 2 is 1.38 bits per heavy atom. The summed E-state index contributed by atoms with van der Waals surface area (Å²) in [5, 5.41) is 0. The summed E-state index contributed by atoms with van der Waals surface area (Å²) in [4.78, 5) is 0. The lowest BCUT2D eigenvalue weighted by Gasteiger charge is -2.42. The van der Waals surface area contributed by atoms with Crippen LogP contribution in [0.15, 0.2) is 30.3 Å². The molecule has 1 unspecified atom stereocenters. The summed E-state index contributed by atoms with van der Waals surface area (Å²) in [7, 11) is 0. The van der Waals surface area contributed by atoms with E-state index in [1.807, 2.05) is 0 Å². The van der Waals surface area contributed by atoms with Crippen LogP contribution in [0.2, 0.25) is 0 Å². The molecule has 0 bridgehead atoms. The lowest BCUT2D eigenvalue weighted by atomic mass is 9.63. The predicted octanol–water partition coefficient (Wildman–Crippen LogP) is 9.18. The molecule has 174 valence electrons. The highest BCUT2D eigenvalue weighted by atomic mass is 19.1. The monoisotopic (exact) mass is 446 g/mol. The molecule has 2 aromatic rings. The fourth-order valence-corrected chi connectivity index (χ4v) is 6.21. The van der Waals surface area contributed by atoms with Crippen molar-refractivity contribution in [2.75, 3.05) is 0 Å². The smallest absolute Gasteiger partial charge is 0.134 e. The lowest BCUT2D eigenvalue weighted by molar-refractivity contribution is 0.113. The zero-order chi connectivity index (χ0) is 22.7. The second-order valence-electron chi connectivity index (χ2n) is 10.1. The average molecular weight is 447 g/mol. The summed E-state index contributed by atoms with van der Waals surface area (Å²) in [6.45, 7) is 2.25. The maximum atomic E-state index is 14.9. The first-order valence-corrected chi connectivity index (χ1v) is 12.4. The molecule has 2 fully saturated rings. The maximum absolute atomic E-state index is 14.9. The normalized spacial score (nSPS) is 25.5. The standard InChI is InChI=1S/C28H34F4/c1-2-3-4-5-6-18-7-8-20-12-21(10-9-19(20)11-18)22-15-26(31)28(27(32)16-22)23-13-24(29)17-25(30)14-23/h13-21H,2-12H2,1H3/t18?,19-,20-,21-/m1/s1. The number of unbranched alkanes of at least 4 members (excludes halogenated alkanes) is 3. The van der Waals surface area contributed by atoms with E-state index < -0.39 is 23.3 Å². The summed E-state index contributed by atoms with van der Waals surface area (Å²) in [5.74, 6) is -0.788. The van der Waals surface area contributed by atoms with Crippen molar-refractivity contribution in [1.29, 1.82) is 0 Å². The van der Waals surface area contributed by atoms with E-state index in [1.165, 1.54) is 63.5 Å². The van der Waals surface area contributed by atoms with E-state index in [1.54, 1.807) is 0 Å². The van der Waals surface area contributed by atoms with Crippen molar-refractivity contribution in [3.63, 3.8) is 0 Å². The van der Waals surface area contributed by atoms with Gasteiger partial charge in [-0.05, 0) is 91.2 Å². The van der Waals surface area contributed by atoms with Gasteiger partial charge in [-0.2, -0.15) is 0 Å². The fourth-order valence-electron chi connectivity index (χ4n) is 6.21. The van der Waals surface area contributed by atoms with Gasteiger partial charge < -0.3 is 0 Å². The predicted molar refractivity (Wildman–Crippen MR) is 121 cm³/mol.